The van der Waals surface area contributed by atoms with E-state index >= 15 is 0 Å². The monoisotopic (exact) mass is 342 g/mol. The predicted molar refractivity (Wildman–Crippen MR) is 98.5 cm³/mol. The van der Waals surface area contributed by atoms with Crippen LogP contribution in [0.5, 0.6) is 0 Å². The molecule has 3 nitrogen and oxygen atoms in total. The smallest absolute Gasteiger partial charge is 0.267 e. The lowest BCUT2D eigenvalue weighted by atomic mass is 9.98. The fourth-order valence-corrected chi connectivity index (χ4v) is 5.04. The summed E-state index contributed by atoms with van der Waals surface area (Å²) in [5.41, 5.74) is 2.10. The molecule has 5 heteroatoms. The van der Waals surface area contributed by atoms with Gasteiger partial charge in [-0.05, 0) is 55.6 Å². The number of nitrogens with zero attached hydrogens (tertiary/aromatic N) is 1. The van der Waals surface area contributed by atoms with Gasteiger partial charge < -0.3 is 4.98 Å². The molecule has 4 rings (SSSR count). The molecule has 0 fully saturated rings. The molecule has 2 heterocycles. The molecule has 0 radical (unpaired) electrons. The first-order valence-corrected chi connectivity index (χ1v) is 9.33. The molecule has 1 N–H and O–H groups in total. The SMILES string of the molecule is O=c1c2c3c(sc2[nH]c(=S)n1-c1ccccc1)CCCCCC3. The highest BCUT2D eigenvalue weighted by molar-refractivity contribution is 7.71. The Hall–Kier alpha value is -1.72. The molecule has 23 heavy (non-hydrogen) atoms. The molecule has 0 saturated carbocycles. The van der Waals surface area contributed by atoms with Crippen molar-refractivity contribution in [3.8, 4) is 5.69 Å². The van der Waals surface area contributed by atoms with Crippen molar-refractivity contribution in [3.63, 3.8) is 0 Å². The third-order valence-electron chi connectivity index (χ3n) is 4.53. The summed E-state index contributed by atoms with van der Waals surface area (Å²) in [7, 11) is 0. The summed E-state index contributed by atoms with van der Waals surface area (Å²) in [6.45, 7) is 0. The summed E-state index contributed by atoms with van der Waals surface area (Å²) in [6, 6.07) is 9.65. The van der Waals surface area contributed by atoms with Crippen LogP contribution in [0.15, 0.2) is 35.1 Å². The van der Waals surface area contributed by atoms with Gasteiger partial charge in [0.15, 0.2) is 4.77 Å². The molecule has 2 aromatic heterocycles. The standard InChI is InChI=1S/C18H18N2OS2/c21-17-15-13-10-6-1-2-7-11-14(13)23-16(15)19-18(22)20(17)12-8-4-3-5-9-12/h3-5,8-9H,1-2,6-7,10-11H2,(H,19,22). The minimum atomic E-state index is 0.0213. The Balaban J connectivity index is 2.02. The number of hydrogen-bond acceptors (Lipinski definition) is 3. The van der Waals surface area contributed by atoms with Crippen molar-refractivity contribution in [2.24, 2.45) is 0 Å². The number of para-hydroxylation sites is 1. The van der Waals surface area contributed by atoms with Crippen molar-refractivity contribution in [1.29, 1.82) is 0 Å². The van der Waals surface area contributed by atoms with Crippen LogP contribution >= 0.6 is 23.6 Å². The minimum absolute atomic E-state index is 0.0213. The lowest BCUT2D eigenvalue weighted by Gasteiger charge is -2.10. The second kappa shape index (κ2) is 6.06. The van der Waals surface area contributed by atoms with Crippen LogP contribution in [0, 0.1) is 4.77 Å². The zero-order valence-electron chi connectivity index (χ0n) is 12.8. The van der Waals surface area contributed by atoms with E-state index in [0.29, 0.717) is 4.77 Å². The van der Waals surface area contributed by atoms with Crippen LogP contribution < -0.4 is 5.56 Å². The van der Waals surface area contributed by atoms with Gasteiger partial charge in [0.25, 0.3) is 5.56 Å². The maximum absolute atomic E-state index is 13.2. The summed E-state index contributed by atoms with van der Waals surface area (Å²) in [4.78, 5) is 18.8. The topological polar surface area (TPSA) is 37.8 Å². The molecular formula is C18H18N2OS2. The lowest BCUT2D eigenvalue weighted by Crippen LogP contribution is -2.20. The highest BCUT2D eigenvalue weighted by Crippen LogP contribution is 2.32. The maximum Gasteiger partial charge on any atom is 0.267 e. The fraction of sp³-hybridized carbons (Fsp3) is 0.333. The van der Waals surface area contributed by atoms with Crippen LogP contribution in [0.4, 0.5) is 0 Å². The van der Waals surface area contributed by atoms with E-state index in [-0.39, 0.29) is 5.56 Å². The molecule has 118 valence electrons. The Morgan fingerprint density at radius 2 is 1.78 bits per heavy atom. The van der Waals surface area contributed by atoms with E-state index in [1.807, 2.05) is 30.3 Å². The van der Waals surface area contributed by atoms with Crippen LogP contribution in [-0.2, 0) is 12.8 Å². The normalized spacial score (nSPS) is 15.1. The molecule has 3 aromatic rings. The molecule has 0 unspecified atom stereocenters. The Morgan fingerprint density at radius 1 is 1.04 bits per heavy atom. The van der Waals surface area contributed by atoms with Crippen LogP contribution in [0.25, 0.3) is 15.9 Å². The number of H-pyrrole nitrogens is 1. The molecule has 0 spiro atoms. The third-order valence-corrected chi connectivity index (χ3v) is 6.02. The van der Waals surface area contributed by atoms with Crippen LogP contribution in [0.1, 0.15) is 36.1 Å². The number of thiophene rings is 1. The summed E-state index contributed by atoms with van der Waals surface area (Å²) < 4.78 is 2.10. The van der Waals surface area contributed by atoms with E-state index in [2.05, 4.69) is 4.98 Å². The number of aromatic nitrogens is 2. The molecule has 0 saturated heterocycles. The molecule has 1 aliphatic rings. The van der Waals surface area contributed by atoms with E-state index in [1.165, 1.54) is 36.1 Å². The largest absolute Gasteiger partial charge is 0.323 e. The Bertz CT molecular complexity index is 966. The first-order valence-electron chi connectivity index (χ1n) is 8.11. The number of hydrogen-bond donors (Lipinski definition) is 1. The molecule has 1 aliphatic carbocycles. The lowest BCUT2D eigenvalue weighted by molar-refractivity contribution is 0.623. The fourth-order valence-electron chi connectivity index (χ4n) is 3.40. The van der Waals surface area contributed by atoms with Crippen LogP contribution in [0.3, 0.4) is 0 Å². The number of aryl methyl sites for hydroxylation is 2. The van der Waals surface area contributed by atoms with E-state index in [0.717, 1.165) is 28.7 Å². The van der Waals surface area contributed by atoms with Crippen molar-refractivity contribution < 1.29 is 0 Å². The van der Waals surface area contributed by atoms with E-state index < -0.39 is 0 Å². The van der Waals surface area contributed by atoms with Gasteiger partial charge >= 0.3 is 0 Å². The summed E-state index contributed by atoms with van der Waals surface area (Å²) >= 11 is 7.18. The second-order valence-corrected chi connectivity index (χ2v) is 7.52. The van der Waals surface area contributed by atoms with Crippen molar-refractivity contribution >= 4 is 33.8 Å². The Labute approximate surface area is 143 Å². The van der Waals surface area contributed by atoms with Gasteiger partial charge in [0.1, 0.15) is 4.83 Å². The van der Waals surface area contributed by atoms with Crippen molar-refractivity contribution in [2.45, 2.75) is 38.5 Å². The van der Waals surface area contributed by atoms with Crippen molar-refractivity contribution in [1.82, 2.24) is 9.55 Å². The van der Waals surface area contributed by atoms with Gasteiger partial charge in [-0.1, -0.05) is 31.0 Å². The quantitative estimate of drug-likeness (QED) is 0.647. The van der Waals surface area contributed by atoms with Gasteiger partial charge in [-0.3, -0.25) is 9.36 Å². The first-order chi connectivity index (χ1) is 11.3. The van der Waals surface area contributed by atoms with Crippen LogP contribution in [-0.4, -0.2) is 9.55 Å². The highest BCUT2D eigenvalue weighted by Gasteiger charge is 2.19. The average Bonchev–Trinajstić information content (AvgIpc) is 2.85. The van der Waals surface area contributed by atoms with Crippen molar-refractivity contribution in [3.05, 3.63) is 55.9 Å². The van der Waals surface area contributed by atoms with Gasteiger partial charge in [-0.2, -0.15) is 0 Å². The molecular weight excluding hydrogens is 324 g/mol. The van der Waals surface area contributed by atoms with Crippen LogP contribution in [0.2, 0.25) is 0 Å². The molecule has 0 atom stereocenters. The van der Waals surface area contributed by atoms with Gasteiger partial charge in [-0.25, -0.2) is 0 Å². The Kier molecular flexibility index (Phi) is 3.91. The van der Waals surface area contributed by atoms with Gasteiger partial charge in [-0.15, -0.1) is 11.3 Å². The first kappa shape index (κ1) is 14.8. The summed E-state index contributed by atoms with van der Waals surface area (Å²) in [6.07, 6.45) is 7.02. The van der Waals surface area contributed by atoms with Crippen molar-refractivity contribution in [2.75, 3.05) is 0 Å². The number of nitrogens with one attached hydrogen (secondary N) is 1. The average molecular weight is 342 g/mol. The highest BCUT2D eigenvalue weighted by atomic mass is 32.1. The van der Waals surface area contributed by atoms with E-state index in [9.17, 15) is 4.79 Å². The second-order valence-electron chi connectivity index (χ2n) is 6.03. The zero-order chi connectivity index (χ0) is 15.8. The molecule has 0 aliphatic heterocycles. The molecule has 0 bridgehead atoms. The molecule has 1 aromatic carbocycles. The predicted octanol–water partition coefficient (Wildman–Crippen LogP) is 4.77. The van der Waals surface area contributed by atoms with Gasteiger partial charge in [0.2, 0.25) is 0 Å². The number of fused-ring (bicyclic) bond motifs is 3. The number of rotatable bonds is 1. The summed E-state index contributed by atoms with van der Waals surface area (Å²) in [5, 5.41) is 0.851. The summed E-state index contributed by atoms with van der Waals surface area (Å²) in [5.74, 6) is 0. The maximum atomic E-state index is 13.2. The zero-order valence-corrected chi connectivity index (χ0v) is 14.4. The number of aromatic amines is 1. The third kappa shape index (κ3) is 2.58. The van der Waals surface area contributed by atoms with E-state index in [1.54, 1.807) is 15.9 Å². The molecule has 0 amide bonds. The minimum Gasteiger partial charge on any atom is -0.323 e. The van der Waals surface area contributed by atoms with Gasteiger partial charge in [0.05, 0.1) is 11.1 Å². The van der Waals surface area contributed by atoms with Gasteiger partial charge in [0, 0.05) is 4.88 Å². The van der Waals surface area contributed by atoms with E-state index in [4.69, 9.17) is 12.2 Å². The Morgan fingerprint density at radius 3 is 2.57 bits per heavy atom. The number of benzene rings is 1.